The van der Waals surface area contributed by atoms with Gasteiger partial charge >= 0.3 is 5.97 Å². The SMILES string of the molecule is CCCOC(=O)C[SiH2]c1c(F)c(C)cc(-c2c(C)cccc2C)c1F. The fourth-order valence-electron chi connectivity index (χ4n) is 3.00. The Morgan fingerprint density at radius 2 is 1.72 bits per heavy atom. The fourth-order valence-corrected chi connectivity index (χ4v) is 4.50. The van der Waals surface area contributed by atoms with Gasteiger partial charge in [0, 0.05) is 16.8 Å². The van der Waals surface area contributed by atoms with E-state index >= 15 is 4.39 Å². The van der Waals surface area contributed by atoms with Crippen LogP contribution >= 0.6 is 0 Å². The molecule has 2 aromatic rings. The Bertz CT molecular complexity index is 768. The molecule has 0 aliphatic rings. The van der Waals surface area contributed by atoms with Gasteiger partial charge in [-0.05, 0) is 55.5 Å². The molecule has 2 nitrogen and oxygen atoms in total. The van der Waals surface area contributed by atoms with Crippen molar-refractivity contribution in [3.8, 4) is 11.1 Å². The average molecular weight is 362 g/mol. The standard InChI is InChI=1S/C20H24F2O2Si/c1-5-9-24-16(23)11-25-20-18(21)14(4)10-15(19(20)22)17-12(2)7-6-8-13(17)3/h6-8,10H,5,9,11,25H2,1-4H3. The van der Waals surface area contributed by atoms with E-state index in [1.165, 1.54) is 0 Å². The summed E-state index contributed by atoms with van der Waals surface area (Å²) in [5, 5.41) is 0.0890. The van der Waals surface area contributed by atoms with E-state index in [0.717, 1.165) is 23.1 Å². The van der Waals surface area contributed by atoms with Crippen LogP contribution in [0, 0.1) is 32.4 Å². The van der Waals surface area contributed by atoms with Crippen molar-refractivity contribution >= 4 is 20.7 Å². The van der Waals surface area contributed by atoms with Crippen LogP contribution in [0.5, 0.6) is 0 Å². The number of halogens is 2. The minimum absolute atomic E-state index is 0.0890. The molecule has 0 spiro atoms. The normalized spacial score (nSPS) is 11.3. The van der Waals surface area contributed by atoms with Gasteiger partial charge in [0.25, 0.3) is 0 Å². The van der Waals surface area contributed by atoms with E-state index in [1.54, 1.807) is 13.0 Å². The van der Waals surface area contributed by atoms with Gasteiger partial charge in [-0.3, -0.25) is 4.79 Å². The topological polar surface area (TPSA) is 26.3 Å². The minimum atomic E-state index is -1.44. The van der Waals surface area contributed by atoms with E-state index in [1.807, 2.05) is 39.0 Å². The maximum Gasteiger partial charge on any atom is 0.302 e. The second-order valence-electron chi connectivity index (χ2n) is 6.33. The average Bonchev–Trinajstić information content (AvgIpc) is 2.57. The van der Waals surface area contributed by atoms with Crippen molar-refractivity contribution in [2.75, 3.05) is 6.61 Å². The van der Waals surface area contributed by atoms with Crippen LogP contribution in [0.3, 0.4) is 0 Å². The monoisotopic (exact) mass is 362 g/mol. The molecule has 0 saturated heterocycles. The summed E-state index contributed by atoms with van der Waals surface area (Å²) in [4.78, 5) is 11.7. The number of carbonyl (C=O) groups is 1. The summed E-state index contributed by atoms with van der Waals surface area (Å²) in [5.41, 5.74) is 3.51. The highest BCUT2D eigenvalue weighted by Crippen LogP contribution is 2.30. The third kappa shape index (κ3) is 4.34. The highest BCUT2D eigenvalue weighted by Gasteiger charge is 2.20. The van der Waals surface area contributed by atoms with Crippen molar-refractivity contribution in [1.82, 2.24) is 0 Å². The minimum Gasteiger partial charge on any atom is -0.466 e. The maximum absolute atomic E-state index is 15.1. The van der Waals surface area contributed by atoms with Crippen LogP contribution in [0.4, 0.5) is 8.78 Å². The number of ether oxygens (including phenoxy) is 1. The summed E-state index contributed by atoms with van der Waals surface area (Å²) < 4.78 is 34.6. The van der Waals surface area contributed by atoms with E-state index < -0.39 is 21.2 Å². The second-order valence-corrected chi connectivity index (χ2v) is 8.04. The third-order valence-corrected chi connectivity index (χ3v) is 6.05. The van der Waals surface area contributed by atoms with Gasteiger partial charge < -0.3 is 4.74 Å². The lowest BCUT2D eigenvalue weighted by Gasteiger charge is -2.16. The first-order valence-corrected chi connectivity index (χ1v) is 10.3. The van der Waals surface area contributed by atoms with Crippen LogP contribution in [-0.2, 0) is 9.53 Å². The van der Waals surface area contributed by atoms with Gasteiger partial charge in [0.1, 0.15) is 11.6 Å². The molecule has 0 atom stereocenters. The summed E-state index contributed by atoms with van der Waals surface area (Å²) in [6.45, 7) is 7.72. The summed E-state index contributed by atoms with van der Waals surface area (Å²) in [6.07, 6.45) is 0.733. The van der Waals surface area contributed by atoms with Gasteiger partial charge in [-0.25, -0.2) is 8.78 Å². The first kappa shape index (κ1) is 19.3. The van der Waals surface area contributed by atoms with Gasteiger partial charge in [0.2, 0.25) is 0 Å². The van der Waals surface area contributed by atoms with Gasteiger partial charge in [-0.2, -0.15) is 0 Å². The van der Waals surface area contributed by atoms with Crippen molar-refractivity contribution in [2.24, 2.45) is 0 Å². The van der Waals surface area contributed by atoms with E-state index in [2.05, 4.69) is 0 Å². The molecule has 0 heterocycles. The molecule has 25 heavy (non-hydrogen) atoms. The summed E-state index contributed by atoms with van der Waals surface area (Å²) in [5.74, 6) is -1.43. The second kappa shape index (κ2) is 8.38. The van der Waals surface area contributed by atoms with Crippen molar-refractivity contribution in [2.45, 2.75) is 40.2 Å². The zero-order chi connectivity index (χ0) is 18.6. The molecule has 0 radical (unpaired) electrons. The maximum atomic E-state index is 15.1. The zero-order valence-electron chi connectivity index (χ0n) is 15.2. The quantitative estimate of drug-likeness (QED) is 0.578. The van der Waals surface area contributed by atoms with E-state index in [-0.39, 0.29) is 17.2 Å². The van der Waals surface area contributed by atoms with Gasteiger partial charge in [0.15, 0.2) is 0 Å². The first-order chi connectivity index (χ1) is 11.9. The number of benzene rings is 2. The molecule has 0 amide bonds. The Labute approximate surface area is 150 Å². The Kier molecular flexibility index (Phi) is 6.48. The number of hydrogen-bond donors (Lipinski definition) is 0. The lowest BCUT2D eigenvalue weighted by atomic mass is 9.94. The lowest BCUT2D eigenvalue weighted by molar-refractivity contribution is -0.140. The number of carbonyl (C=O) groups excluding carboxylic acids is 1. The van der Waals surface area contributed by atoms with Crippen molar-refractivity contribution in [1.29, 1.82) is 0 Å². The Hall–Kier alpha value is -2.01. The van der Waals surface area contributed by atoms with Crippen molar-refractivity contribution in [3.63, 3.8) is 0 Å². The van der Waals surface area contributed by atoms with Crippen molar-refractivity contribution in [3.05, 3.63) is 52.6 Å². The predicted octanol–water partition coefficient (Wildman–Crippen LogP) is 3.72. The molecule has 2 rings (SSSR count). The Morgan fingerprint density at radius 3 is 2.32 bits per heavy atom. The number of esters is 1. The number of aryl methyl sites for hydroxylation is 3. The highest BCUT2D eigenvalue weighted by molar-refractivity contribution is 6.57. The van der Waals surface area contributed by atoms with Gasteiger partial charge in [-0.15, -0.1) is 0 Å². The Balaban J connectivity index is 2.42. The molecule has 0 aliphatic carbocycles. The first-order valence-electron chi connectivity index (χ1n) is 8.56. The fraction of sp³-hybridized carbons (Fsp3) is 0.350. The van der Waals surface area contributed by atoms with Crippen LogP contribution in [0.15, 0.2) is 24.3 Å². The zero-order valence-corrected chi connectivity index (χ0v) is 16.6. The highest BCUT2D eigenvalue weighted by atomic mass is 28.2. The molecular weight excluding hydrogens is 338 g/mol. The number of rotatable bonds is 6. The molecule has 0 unspecified atom stereocenters. The van der Waals surface area contributed by atoms with Crippen LogP contribution in [0.2, 0.25) is 6.04 Å². The number of hydrogen-bond acceptors (Lipinski definition) is 2. The summed E-state index contributed by atoms with van der Waals surface area (Å²) in [7, 11) is -1.44. The summed E-state index contributed by atoms with van der Waals surface area (Å²) >= 11 is 0. The van der Waals surface area contributed by atoms with Crippen molar-refractivity contribution < 1.29 is 18.3 Å². The molecular formula is C20H24F2O2Si. The molecule has 5 heteroatoms. The van der Waals surface area contributed by atoms with E-state index in [0.29, 0.717) is 17.7 Å². The molecule has 0 aromatic heterocycles. The molecule has 0 aliphatic heterocycles. The van der Waals surface area contributed by atoms with E-state index in [9.17, 15) is 9.18 Å². The molecule has 0 saturated carbocycles. The lowest BCUT2D eigenvalue weighted by Crippen LogP contribution is -2.27. The van der Waals surface area contributed by atoms with Gasteiger partial charge in [-0.1, -0.05) is 25.1 Å². The van der Waals surface area contributed by atoms with Crippen LogP contribution < -0.4 is 5.19 Å². The largest absolute Gasteiger partial charge is 0.466 e. The molecule has 0 bridgehead atoms. The third-order valence-electron chi connectivity index (χ3n) is 4.27. The van der Waals surface area contributed by atoms with Crippen LogP contribution in [-0.4, -0.2) is 22.1 Å². The molecule has 2 aromatic carbocycles. The summed E-state index contributed by atoms with van der Waals surface area (Å²) in [6, 6.07) is 7.41. The van der Waals surface area contributed by atoms with E-state index in [4.69, 9.17) is 4.74 Å². The van der Waals surface area contributed by atoms with Crippen LogP contribution in [0.25, 0.3) is 11.1 Å². The molecule has 0 N–H and O–H groups in total. The predicted molar refractivity (Wildman–Crippen MR) is 100 cm³/mol. The van der Waals surface area contributed by atoms with Crippen LogP contribution in [0.1, 0.15) is 30.0 Å². The molecule has 134 valence electrons. The Morgan fingerprint density at radius 1 is 1.08 bits per heavy atom. The smallest absolute Gasteiger partial charge is 0.302 e. The van der Waals surface area contributed by atoms with Gasteiger partial charge in [0.05, 0.1) is 16.1 Å². The molecule has 0 fully saturated rings.